The van der Waals surface area contributed by atoms with E-state index in [-0.39, 0.29) is 0 Å². The maximum atomic E-state index is 5.87. The van der Waals surface area contributed by atoms with Crippen molar-refractivity contribution >= 4 is 11.3 Å². The molecule has 1 saturated heterocycles. The Morgan fingerprint density at radius 3 is 2.94 bits per heavy atom. The molecule has 1 aromatic rings. The van der Waals surface area contributed by atoms with Crippen molar-refractivity contribution in [1.82, 2.24) is 9.88 Å². The highest BCUT2D eigenvalue weighted by molar-refractivity contribution is 7.09. The third-order valence-electron chi connectivity index (χ3n) is 3.96. The number of likely N-dealkylation sites (N-methyl/N-ethyl adjacent to an activating group) is 1. The summed E-state index contributed by atoms with van der Waals surface area (Å²) in [5.41, 5.74) is 7.17. The van der Waals surface area contributed by atoms with Gasteiger partial charge in [0.05, 0.1) is 10.7 Å². The van der Waals surface area contributed by atoms with E-state index in [0.717, 1.165) is 6.54 Å². The van der Waals surface area contributed by atoms with Gasteiger partial charge in [0.15, 0.2) is 0 Å². The number of nitrogens with two attached hydrogens (primary N) is 1. The van der Waals surface area contributed by atoms with Gasteiger partial charge in [-0.2, -0.15) is 0 Å². The Kier molecular flexibility index (Phi) is 4.76. The molecule has 0 amide bonds. The molecule has 1 aromatic heterocycles. The van der Waals surface area contributed by atoms with Gasteiger partial charge in [-0.3, -0.25) is 0 Å². The van der Waals surface area contributed by atoms with Crippen molar-refractivity contribution in [3.63, 3.8) is 0 Å². The molecule has 0 spiro atoms. The first kappa shape index (κ1) is 14.0. The maximum absolute atomic E-state index is 5.87. The van der Waals surface area contributed by atoms with Crippen molar-refractivity contribution in [1.29, 1.82) is 0 Å². The Morgan fingerprint density at radius 1 is 1.56 bits per heavy atom. The summed E-state index contributed by atoms with van der Waals surface area (Å²) in [6, 6.07) is 0. The van der Waals surface area contributed by atoms with Crippen LogP contribution < -0.4 is 5.73 Å². The second-order valence-electron chi connectivity index (χ2n) is 5.80. The fourth-order valence-corrected chi connectivity index (χ4v) is 3.91. The summed E-state index contributed by atoms with van der Waals surface area (Å²) >= 11 is 1.80. The number of rotatable bonds is 4. The fourth-order valence-electron chi connectivity index (χ4n) is 2.72. The van der Waals surface area contributed by atoms with E-state index >= 15 is 0 Å². The summed E-state index contributed by atoms with van der Waals surface area (Å²) in [6.07, 6.45) is 2.57. The van der Waals surface area contributed by atoms with Crippen LogP contribution in [0.5, 0.6) is 0 Å². The van der Waals surface area contributed by atoms with E-state index in [9.17, 15) is 0 Å². The molecule has 1 aliphatic rings. The van der Waals surface area contributed by atoms with Crippen LogP contribution in [0.1, 0.15) is 49.2 Å². The van der Waals surface area contributed by atoms with Gasteiger partial charge in [0.2, 0.25) is 0 Å². The van der Waals surface area contributed by atoms with Gasteiger partial charge in [-0.1, -0.05) is 13.8 Å². The SMILES string of the molecule is CC(C)C(CN)c1nc(C2CCCN(C)C2)cs1. The van der Waals surface area contributed by atoms with Crippen molar-refractivity contribution in [2.24, 2.45) is 11.7 Å². The van der Waals surface area contributed by atoms with Gasteiger partial charge in [-0.05, 0) is 32.4 Å². The first-order chi connectivity index (χ1) is 8.61. The van der Waals surface area contributed by atoms with Crippen LogP contribution in [0.3, 0.4) is 0 Å². The third-order valence-corrected chi connectivity index (χ3v) is 4.95. The van der Waals surface area contributed by atoms with Crippen molar-refractivity contribution in [3.8, 4) is 0 Å². The largest absolute Gasteiger partial charge is 0.330 e. The molecule has 1 aliphatic heterocycles. The lowest BCUT2D eigenvalue weighted by molar-refractivity contribution is 0.248. The number of nitrogens with zero attached hydrogens (tertiary/aromatic N) is 2. The molecule has 1 fully saturated rings. The number of piperidine rings is 1. The van der Waals surface area contributed by atoms with Crippen molar-refractivity contribution in [2.45, 2.75) is 38.5 Å². The average Bonchev–Trinajstić information content (AvgIpc) is 2.79. The van der Waals surface area contributed by atoms with Gasteiger partial charge in [0, 0.05) is 30.3 Å². The smallest absolute Gasteiger partial charge is 0.0974 e. The van der Waals surface area contributed by atoms with E-state index in [1.807, 2.05) is 0 Å². The maximum Gasteiger partial charge on any atom is 0.0974 e. The fraction of sp³-hybridized carbons (Fsp3) is 0.786. The lowest BCUT2D eigenvalue weighted by Gasteiger charge is -2.28. The minimum Gasteiger partial charge on any atom is -0.330 e. The zero-order chi connectivity index (χ0) is 13.1. The highest BCUT2D eigenvalue weighted by atomic mass is 32.1. The molecule has 102 valence electrons. The molecule has 3 nitrogen and oxygen atoms in total. The quantitative estimate of drug-likeness (QED) is 0.912. The van der Waals surface area contributed by atoms with E-state index in [1.54, 1.807) is 11.3 Å². The van der Waals surface area contributed by atoms with Crippen LogP contribution in [-0.2, 0) is 0 Å². The summed E-state index contributed by atoms with van der Waals surface area (Å²) in [7, 11) is 2.20. The highest BCUT2D eigenvalue weighted by Crippen LogP contribution is 2.31. The molecule has 2 rings (SSSR count). The Balaban J connectivity index is 2.09. The van der Waals surface area contributed by atoms with Crippen LogP contribution >= 0.6 is 11.3 Å². The van der Waals surface area contributed by atoms with E-state index in [1.165, 1.54) is 30.1 Å². The van der Waals surface area contributed by atoms with Gasteiger partial charge in [-0.25, -0.2) is 4.98 Å². The number of hydrogen-bond donors (Lipinski definition) is 1. The molecule has 2 atom stereocenters. The molecule has 2 heterocycles. The van der Waals surface area contributed by atoms with Crippen LogP contribution in [0.2, 0.25) is 0 Å². The van der Waals surface area contributed by atoms with E-state index < -0.39 is 0 Å². The van der Waals surface area contributed by atoms with Gasteiger partial charge in [-0.15, -0.1) is 11.3 Å². The number of aromatic nitrogens is 1. The topological polar surface area (TPSA) is 42.1 Å². The van der Waals surface area contributed by atoms with Crippen molar-refractivity contribution in [2.75, 3.05) is 26.7 Å². The van der Waals surface area contributed by atoms with Crippen LogP contribution in [-0.4, -0.2) is 36.6 Å². The van der Waals surface area contributed by atoms with Crippen LogP contribution in [0.25, 0.3) is 0 Å². The lowest BCUT2D eigenvalue weighted by Crippen LogP contribution is -2.31. The van der Waals surface area contributed by atoms with Gasteiger partial charge in [0.25, 0.3) is 0 Å². The average molecular weight is 267 g/mol. The first-order valence-electron chi connectivity index (χ1n) is 6.95. The first-order valence-corrected chi connectivity index (χ1v) is 7.83. The Hall–Kier alpha value is -0.450. The molecule has 18 heavy (non-hydrogen) atoms. The molecule has 2 N–H and O–H groups in total. The number of thiazole rings is 1. The van der Waals surface area contributed by atoms with Gasteiger partial charge in [0.1, 0.15) is 0 Å². The zero-order valence-electron chi connectivity index (χ0n) is 11.7. The Morgan fingerprint density at radius 2 is 2.33 bits per heavy atom. The molecular formula is C14H25N3S. The summed E-state index contributed by atoms with van der Waals surface area (Å²) in [4.78, 5) is 7.29. The third kappa shape index (κ3) is 3.11. The van der Waals surface area contributed by atoms with E-state index in [0.29, 0.717) is 24.3 Å². The van der Waals surface area contributed by atoms with Crippen molar-refractivity contribution < 1.29 is 0 Å². The van der Waals surface area contributed by atoms with Gasteiger partial charge < -0.3 is 10.6 Å². The summed E-state index contributed by atoms with van der Waals surface area (Å²) < 4.78 is 0. The monoisotopic (exact) mass is 267 g/mol. The number of likely N-dealkylation sites (tertiary alicyclic amines) is 1. The van der Waals surface area contributed by atoms with Crippen LogP contribution in [0.4, 0.5) is 0 Å². The lowest BCUT2D eigenvalue weighted by atomic mass is 9.95. The Labute approximate surface area is 114 Å². The van der Waals surface area contributed by atoms with Crippen LogP contribution in [0, 0.1) is 5.92 Å². The summed E-state index contributed by atoms with van der Waals surface area (Å²) in [6.45, 7) is 7.54. The van der Waals surface area contributed by atoms with Crippen LogP contribution in [0.15, 0.2) is 5.38 Å². The van der Waals surface area contributed by atoms with Crippen molar-refractivity contribution in [3.05, 3.63) is 16.1 Å². The molecule has 4 heteroatoms. The standard InChI is InChI=1S/C14H25N3S/c1-10(2)12(7-15)14-16-13(9-18-14)11-5-4-6-17(3)8-11/h9-12H,4-8,15H2,1-3H3. The zero-order valence-corrected chi connectivity index (χ0v) is 12.5. The molecular weight excluding hydrogens is 242 g/mol. The molecule has 0 aromatic carbocycles. The summed E-state index contributed by atoms with van der Waals surface area (Å²) in [5.74, 6) is 1.62. The summed E-state index contributed by atoms with van der Waals surface area (Å²) in [5, 5.41) is 3.49. The van der Waals surface area contributed by atoms with Gasteiger partial charge >= 0.3 is 0 Å². The molecule has 0 aliphatic carbocycles. The predicted octanol–water partition coefficient (Wildman–Crippen LogP) is 2.65. The molecule has 2 unspecified atom stereocenters. The highest BCUT2D eigenvalue weighted by Gasteiger charge is 2.23. The predicted molar refractivity (Wildman–Crippen MR) is 78.2 cm³/mol. The second kappa shape index (κ2) is 6.13. The van der Waals surface area contributed by atoms with E-state index in [2.05, 4.69) is 31.2 Å². The molecule has 0 radical (unpaired) electrons. The Bertz CT molecular complexity index is 375. The second-order valence-corrected chi connectivity index (χ2v) is 6.69. The number of hydrogen-bond acceptors (Lipinski definition) is 4. The molecule has 0 bridgehead atoms. The minimum atomic E-state index is 0.421. The normalized spacial score (nSPS) is 23.5. The minimum absolute atomic E-state index is 0.421. The van der Waals surface area contributed by atoms with E-state index in [4.69, 9.17) is 10.7 Å². The molecule has 0 saturated carbocycles.